The Bertz CT molecular complexity index is 466. The molecule has 0 spiro atoms. The Morgan fingerprint density at radius 1 is 1.60 bits per heavy atom. The molecular weight excluding hydrogens is 194 g/mol. The molecule has 2 aromatic heterocycles. The number of hydrogen-bond donors (Lipinski definition) is 2. The van der Waals surface area contributed by atoms with Gasteiger partial charge in [0.1, 0.15) is 0 Å². The van der Waals surface area contributed by atoms with Crippen LogP contribution < -0.4 is 5.73 Å². The van der Waals surface area contributed by atoms with Gasteiger partial charge in [0.15, 0.2) is 5.82 Å². The molecule has 0 bridgehead atoms. The van der Waals surface area contributed by atoms with Crippen LogP contribution in [0, 0.1) is 0 Å². The number of fused-ring (bicyclic) bond motifs is 1. The highest BCUT2D eigenvalue weighted by atomic mass is 16.3. The van der Waals surface area contributed by atoms with E-state index >= 15 is 0 Å². The Balaban J connectivity index is 2.46. The van der Waals surface area contributed by atoms with Crippen LogP contribution in [0.2, 0.25) is 0 Å². The first-order valence-corrected chi connectivity index (χ1v) is 4.82. The molecule has 6 nitrogen and oxygen atoms in total. The standard InChI is InChI=1S/C9H13N5O/c1-2-6-3-11-9-12-8(7(10)5-15)13-14(9)4-6/h3-4,7,15H,2,5,10H2,1H3. The molecular formula is C9H13N5O. The number of aliphatic hydroxyl groups excluding tert-OH is 1. The Morgan fingerprint density at radius 3 is 3.07 bits per heavy atom. The second kappa shape index (κ2) is 3.92. The highest BCUT2D eigenvalue weighted by Gasteiger charge is 2.11. The summed E-state index contributed by atoms with van der Waals surface area (Å²) >= 11 is 0. The number of rotatable bonds is 3. The third-order valence-electron chi connectivity index (χ3n) is 2.20. The lowest BCUT2D eigenvalue weighted by molar-refractivity contribution is 0.263. The molecule has 0 aliphatic carbocycles. The SMILES string of the molecule is CCc1cnc2nc(C(N)CO)nn2c1. The highest BCUT2D eigenvalue weighted by Crippen LogP contribution is 2.06. The summed E-state index contributed by atoms with van der Waals surface area (Å²) in [5.74, 6) is 0.921. The third-order valence-corrected chi connectivity index (χ3v) is 2.20. The number of aromatic nitrogens is 4. The summed E-state index contributed by atoms with van der Waals surface area (Å²) in [6.45, 7) is 1.87. The maximum absolute atomic E-state index is 8.88. The first kappa shape index (κ1) is 10.0. The summed E-state index contributed by atoms with van der Waals surface area (Å²) in [6.07, 6.45) is 4.52. The lowest BCUT2D eigenvalue weighted by Gasteiger charge is -1.99. The summed E-state index contributed by atoms with van der Waals surface area (Å²) < 4.78 is 1.59. The molecule has 6 heteroatoms. The van der Waals surface area contributed by atoms with E-state index in [9.17, 15) is 0 Å². The van der Waals surface area contributed by atoms with Crippen LogP contribution in [-0.4, -0.2) is 31.3 Å². The summed E-state index contributed by atoms with van der Waals surface area (Å²) in [4.78, 5) is 8.26. The molecule has 15 heavy (non-hydrogen) atoms. The van der Waals surface area contributed by atoms with Crippen LogP contribution in [0.15, 0.2) is 12.4 Å². The van der Waals surface area contributed by atoms with Gasteiger partial charge >= 0.3 is 0 Å². The molecule has 2 aromatic rings. The number of nitrogens with zero attached hydrogens (tertiary/aromatic N) is 4. The molecule has 0 aromatic carbocycles. The van der Waals surface area contributed by atoms with E-state index in [1.165, 1.54) is 0 Å². The van der Waals surface area contributed by atoms with Crippen molar-refractivity contribution in [3.8, 4) is 0 Å². The molecule has 3 N–H and O–H groups in total. The Labute approximate surface area is 86.8 Å². The van der Waals surface area contributed by atoms with Gasteiger partial charge < -0.3 is 10.8 Å². The van der Waals surface area contributed by atoms with Crippen molar-refractivity contribution in [2.75, 3.05) is 6.61 Å². The lowest BCUT2D eigenvalue weighted by atomic mass is 10.3. The van der Waals surface area contributed by atoms with E-state index in [2.05, 4.69) is 15.1 Å². The predicted octanol–water partition coefficient (Wildman–Crippen LogP) is -0.321. The van der Waals surface area contributed by atoms with Gasteiger partial charge in [-0.15, -0.1) is 5.10 Å². The fraction of sp³-hybridized carbons (Fsp3) is 0.444. The van der Waals surface area contributed by atoms with Gasteiger partial charge in [-0.3, -0.25) is 0 Å². The average molecular weight is 207 g/mol. The van der Waals surface area contributed by atoms with E-state index in [0.29, 0.717) is 11.6 Å². The summed E-state index contributed by atoms with van der Waals surface area (Å²) in [6, 6.07) is -0.545. The molecule has 0 aliphatic rings. The van der Waals surface area contributed by atoms with Crippen molar-refractivity contribution in [2.45, 2.75) is 19.4 Å². The predicted molar refractivity (Wildman–Crippen MR) is 54.2 cm³/mol. The molecule has 0 aliphatic heterocycles. The second-order valence-electron chi connectivity index (χ2n) is 3.32. The van der Waals surface area contributed by atoms with E-state index in [-0.39, 0.29) is 6.61 Å². The van der Waals surface area contributed by atoms with E-state index < -0.39 is 6.04 Å². The van der Waals surface area contributed by atoms with E-state index in [1.807, 2.05) is 13.1 Å². The maximum Gasteiger partial charge on any atom is 0.252 e. The maximum atomic E-state index is 8.88. The Kier molecular flexibility index (Phi) is 2.61. The molecule has 0 fully saturated rings. The minimum Gasteiger partial charge on any atom is -0.394 e. The van der Waals surface area contributed by atoms with Gasteiger partial charge in [-0.1, -0.05) is 6.92 Å². The smallest absolute Gasteiger partial charge is 0.252 e. The fourth-order valence-electron chi connectivity index (χ4n) is 1.26. The number of nitrogens with two attached hydrogens (primary N) is 1. The van der Waals surface area contributed by atoms with Crippen LogP contribution in [0.25, 0.3) is 5.78 Å². The zero-order valence-electron chi connectivity index (χ0n) is 8.46. The van der Waals surface area contributed by atoms with Gasteiger partial charge in [-0.25, -0.2) is 9.50 Å². The van der Waals surface area contributed by atoms with Gasteiger partial charge in [-0.2, -0.15) is 4.98 Å². The zero-order valence-corrected chi connectivity index (χ0v) is 8.46. The van der Waals surface area contributed by atoms with Crippen molar-refractivity contribution in [3.63, 3.8) is 0 Å². The van der Waals surface area contributed by atoms with Crippen LogP contribution in [-0.2, 0) is 6.42 Å². The average Bonchev–Trinajstić information content (AvgIpc) is 2.70. The number of aliphatic hydroxyl groups is 1. The summed E-state index contributed by atoms with van der Waals surface area (Å²) in [7, 11) is 0. The summed E-state index contributed by atoms with van der Waals surface area (Å²) in [5, 5.41) is 13.0. The van der Waals surface area contributed by atoms with E-state index in [0.717, 1.165) is 12.0 Å². The quantitative estimate of drug-likeness (QED) is 0.720. The van der Waals surface area contributed by atoms with Gasteiger partial charge in [0.2, 0.25) is 0 Å². The van der Waals surface area contributed by atoms with Crippen LogP contribution in [0.4, 0.5) is 0 Å². The Morgan fingerprint density at radius 2 is 2.40 bits per heavy atom. The lowest BCUT2D eigenvalue weighted by Crippen LogP contribution is -2.16. The topological polar surface area (TPSA) is 89.3 Å². The largest absolute Gasteiger partial charge is 0.394 e. The molecule has 0 radical (unpaired) electrons. The first-order chi connectivity index (χ1) is 7.24. The van der Waals surface area contributed by atoms with Crippen molar-refractivity contribution in [2.24, 2.45) is 5.73 Å². The monoisotopic (exact) mass is 207 g/mol. The molecule has 1 atom stereocenters. The van der Waals surface area contributed by atoms with Gasteiger partial charge in [0, 0.05) is 12.4 Å². The highest BCUT2D eigenvalue weighted by molar-refractivity contribution is 5.28. The third kappa shape index (κ3) is 1.81. The molecule has 0 amide bonds. The second-order valence-corrected chi connectivity index (χ2v) is 3.32. The minimum atomic E-state index is -0.545. The van der Waals surface area contributed by atoms with Crippen molar-refractivity contribution in [1.29, 1.82) is 0 Å². The Hall–Kier alpha value is -1.53. The molecule has 2 rings (SSSR count). The van der Waals surface area contributed by atoms with Crippen molar-refractivity contribution in [3.05, 3.63) is 23.8 Å². The van der Waals surface area contributed by atoms with Gasteiger partial charge in [0.05, 0.1) is 12.6 Å². The normalized spacial score (nSPS) is 13.3. The summed E-state index contributed by atoms with van der Waals surface area (Å²) in [5.41, 5.74) is 6.69. The zero-order chi connectivity index (χ0) is 10.8. The number of aryl methyl sites for hydroxylation is 1. The van der Waals surface area contributed by atoms with Crippen LogP contribution in [0.1, 0.15) is 24.4 Å². The molecule has 0 saturated heterocycles. The van der Waals surface area contributed by atoms with Crippen LogP contribution >= 0.6 is 0 Å². The van der Waals surface area contributed by atoms with Crippen molar-refractivity contribution in [1.82, 2.24) is 19.6 Å². The van der Waals surface area contributed by atoms with Crippen molar-refractivity contribution < 1.29 is 5.11 Å². The molecule has 1 unspecified atom stereocenters. The minimum absolute atomic E-state index is 0.169. The van der Waals surface area contributed by atoms with Crippen LogP contribution in [0.3, 0.4) is 0 Å². The number of hydrogen-bond acceptors (Lipinski definition) is 5. The van der Waals surface area contributed by atoms with Crippen LogP contribution in [0.5, 0.6) is 0 Å². The van der Waals surface area contributed by atoms with Gasteiger partial charge in [0.25, 0.3) is 5.78 Å². The molecule has 80 valence electrons. The van der Waals surface area contributed by atoms with E-state index in [4.69, 9.17) is 10.8 Å². The first-order valence-electron chi connectivity index (χ1n) is 4.82. The molecule has 2 heterocycles. The van der Waals surface area contributed by atoms with Crippen molar-refractivity contribution >= 4 is 5.78 Å². The van der Waals surface area contributed by atoms with Gasteiger partial charge in [-0.05, 0) is 12.0 Å². The fourth-order valence-corrected chi connectivity index (χ4v) is 1.26. The van der Waals surface area contributed by atoms with E-state index in [1.54, 1.807) is 10.7 Å². The molecule has 0 saturated carbocycles.